The molecule has 0 fully saturated rings. The van der Waals surface area contributed by atoms with E-state index in [1.54, 1.807) is 18.4 Å². The van der Waals surface area contributed by atoms with Gasteiger partial charge in [-0.15, -0.1) is 11.3 Å². The van der Waals surface area contributed by atoms with E-state index in [4.69, 9.17) is 15.2 Å². The van der Waals surface area contributed by atoms with Gasteiger partial charge < -0.3 is 15.2 Å². The normalized spacial score (nSPS) is 11.3. The first-order valence-electron chi connectivity index (χ1n) is 6.22. The van der Waals surface area contributed by atoms with Gasteiger partial charge in [-0.05, 0) is 25.8 Å². The Kier molecular flexibility index (Phi) is 4.68. The molecule has 0 spiro atoms. The van der Waals surface area contributed by atoms with Crippen LogP contribution in [0.4, 0.5) is 5.82 Å². The molecule has 0 radical (unpaired) electrons. The molecule has 0 saturated carbocycles. The predicted octanol–water partition coefficient (Wildman–Crippen LogP) is 2.44. The van der Waals surface area contributed by atoms with Gasteiger partial charge in [0.1, 0.15) is 17.3 Å². The van der Waals surface area contributed by atoms with Crippen molar-refractivity contribution < 1.29 is 9.47 Å². The zero-order valence-corrected chi connectivity index (χ0v) is 12.3. The first-order chi connectivity index (χ1) is 9.13. The fourth-order valence-electron chi connectivity index (χ4n) is 1.86. The van der Waals surface area contributed by atoms with E-state index in [-0.39, 0.29) is 0 Å². The van der Waals surface area contributed by atoms with E-state index in [1.807, 2.05) is 0 Å². The minimum absolute atomic E-state index is 0.389. The Balaban J connectivity index is 2.08. The number of thiophene rings is 1. The summed E-state index contributed by atoms with van der Waals surface area (Å²) in [4.78, 5) is 11.0. The highest BCUT2D eigenvalue weighted by Crippen LogP contribution is 2.31. The number of methoxy groups -OCH3 is 1. The van der Waals surface area contributed by atoms with E-state index >= 15 is 0 Å². The van der Waals surface area contributed by atoms with Crippen LogP contribution in [-0.4, -0.2) is 30.3 Å². The van der Waals surface area contributed by atoms with E-state index < -0.39 is 0 Å². The number of nitrogen functional groups attached to an aromatic ring is 1. The minimum atomic E-state index is 0.389. The standard InChI is InChI=1S/C13H19N3O2S/c1-8-9(2)19-13-11(8)12(14)15-10(16-13)7-18-6-4-5-17-3/h4-7H2,1-3H3,(H2,14,15,16). The molecule has 104 valence electrons. The number of nitrogens with two attached hydrogens (primary N) is 1. The van der Waals surface area contributed by atoms with Gasteiger partial charge in [0.05, 0.1) is 5.39 Å². The van der Waals surface area contributed by atoms with Crippen LogP contribution in [0.1, 0.15) is 22.7 Å². The Bertz CT molecular complexity index is 569. The first-order valence-corrected chi connectivity index (χ1v) is 7.04. The van der Waals surface area contributed by atoms with Gasteiger partial charge in [-0.3, -0.25) is 0 Å². The molecule has 0 amide bonds. The molecular formula is C13H19N3O2S. The van der Waals surface area contributed by atoms with Gasteiger partial charge in [0.25, 0.3) is 0 Å². The van der Waals surface area contributed by atoms with Crippen molar-refractivity contribution in [2.75, 3.05) is 26.1 Å². The summed E-state index contributed by atoms with van der Waals surface area (Å²) in [6, 6.07) is 0. The van der Waals surface area contributed by atoms with E-state index in [9.17, 15) is 0 Å². The molecule has 2 heterocycles. The van der Waals surface area contributed by atoms with Crippen molar-refractivity contribution in [3.05, 3.63) is 16.3 Å². The fraction of sp³-hybridized carbons (Fsp3) is 0.538. The van der Waals surface area contributed by atoms with Crippen molar-refractivity contribution >= 4 is 27.4 Å². The Labute approximate surface area is 116 Å². The molecule has 5 nitrogen and oxygen atoms in total. The molecule has 0 bridgehead atoms. The van der Waals surface area contributed by atoms with Crippen LogP contribution in [0.15, 0.2) is 0 Å². The van der Waals surface area contributed by atoms with Gasteiger partial charge >= 0.3 is 0 Å². The monoisotopic (exact) mass is 281 g/mol. The molecule has 2 aromatic heterocycles. The summed E-state index contributed by atoms with van der Waals surface area (Å²) in [5.74, 6) is 1.19. The molecule has 0 aliphatic carbocycles. The van der Waals surface area contributed by atoms with Crippen LogP contribution in [0.25, 0.3) is 10.2 Å². The zero-order chi connectivity index (χ0) is 13.8. The van der Waals surface area contributed by atoms with Crippen LogP contribution in [0.5, 0.6) is 0 Å². The van der Waals surface area contributed by atoms with Gasteiger partial charge in [-0.1, -0.05) is 0 Å². The molecule has 0 saturated heterocycles. The summed E-state index contributed by atoms with van der Waals surface area (Å²) < 4.78 is 10.5. The molecule has 2 N–H and O–H groups in total. The molecule has 6 heteroatoms. The lowest BCUT2D eigenvalue weighted by atomic mass is 10.2. The van der Waals surface area contributed by atoms with E-state index in [0.29, 0.717) is 31.5 Å². The van der Waals surface area contributed by atoms with Crippen molar-refractivity contribution in [3.8, 4) is 0 Å². The lowest BCUT2D eigenvalue weighted by Gasteiger charge is -2.05. The number of aromatic nitrogens is 2. The van der Waals surface area contributed by atoms with Crippen LogP contribution < -0.4 is 5.73 Å². The number of hydrogen-bond donors (Lipinski definition) is 1. The highest BCUT2D eigenvalue weighted by atomic mass is 32.1. The number of anilines is 1. The Hall–Kier alpha value is -1.24. The Morgan fingerprint density at radius 2 is 2.00 bits per heavy atom. The number of rotatable bonds is 6. The van der Waals surface area contributed by atoms with E-state index in [1.165, 1.54) is 10.4 Å². The number of fused-ring (bicyclic) bond motifs is 1. The van der Waals surface area contributed by atoms with Crippen LogP contribution in [0.2, 0.25) is 0 Å². The third kappa shape index (κ3) is 3.20. The molecule has 0 atom stereocenters. The van der Waals surface area contributed by atoms with Crippen LogP contribution in [0, 0.1) is 13.8 Å². The molecule has 0 aliphatic heterocycles. The third-order valence-electron chi connectivity index (χ3n) is 2.97. The number of ether oxygens (including phenoxy) is 2. The minimum Gasteiger partial charge on any atom is -0.385 e. The SMILES string of the molecule is COCCCOCc1nc(N)c2c(C)c(C)sc2n1. The summed E-state index contributed by atoms with van der Waals surface area (Å²) >= 11 is 1.65. The molecule has 0 aliphatic rings. The van der Waals surface area contributed by atoms with Crippen molar-refractivity contribution in [3.63, 3.8) is 0 Å². The molecule has 0 unspecified atom stereocenters. The maximum absolute atomic E-state index is 6.00. The maximum atomic E-state index is 6.00. The summed E-state index contributed by atoms with van der Waals surface area (Å²) in [6.07, 6.45) is 0.867. The summed E-state index contributed by atoms with van der Waals surface area (Å²) in [5.41, 5.74) is 7.17. The second kappa shape index (κ2) is 6.27. The zero-order valence-electron chi connectivity index (χ0n) is 11.5. The lowest BCUT2D eigenvalue weighted by Crippen LogP contribution is -2.04. The van der Waals surface area contributed by atoms with E-state index in [0.717, 1.165) is 16.6 Å². The average Bonchev–Trinajstić information content (AvgIpc) is 2.65. The second-order valence-corrected chi connectivity index (χ2v) is 5.59. The molecule has 0 aromatic carbocycles. The van der Waals surface area contributed by atoms with Crippen molar-refractivity contribution in [2.24, 2.45) is 0 Å². The number of hydrogen-bond acceptors (Lipinski definition) is 6. The second-order valence-electron chi connectivity index (χ2n) is 4.39. The quantitative estimate of drug-likeness (QED) is 0.823. The summed E-state index contributed by atoms with van der Waals surface area (Å²) in [5, 5.41) is 0.977. The number of nitrogens with zero attached hydrogens (tertiary/aromatic N) is 2. The molecular weight excluding hydrogens is 262 g/mol. The van der Waals surface area contributed by atoms with Crippen LogP contribution >= 0.6 is 11.3 Å². The van der Waals surface area contributed by atoms with Gasteiger partial charge in [0.15, 0.2) is 5.82 Å². The van der Waals surface area contributed by atoms with Gasteiger partial charge in [0.2, 0.25) is 0 Å². The van der Waals surface area contributed by atoms with Crippen LogP contribution in [-0.2, 0) is 16.1 Å². The highest BCUT2D eigenvalue weighted by molar-refractivity contribution is 7.18. The topological polar surface area (TPSA) is 70.3 Å². The van der Waals surface area contributed by atoms with Gasteiger partial charge in [-0.2, -0.15) is 0 Å². The van der Waals surface area contributed by atoms with Gasteiger partial charge in [0, 0.05) is 25.2 Å². The maximum Gasteiger partial charge on any atom is 0.158 e. The summed E-state index contributed by atoms with van der Waals surface area (Å²) in [7, 11) is 1.68. The predicted molar refractivity (Wildman–Crippen MR) is 77.5 cm³/mol. The fourth-order valence-corrected chi connectivity index (χ4v) is 2.92. The summed E-state index contributed by atoms with van der Waals surface area (Å²) in [6.45, 7) is 5.85. The number of aryl methyl sites for hydroxylation is 2. The molecule has 2 rings (SSSR count). The highest BCUT2D eigenvalue weighted by Gasteiger charge is 2.12. The molecule has 2 aromatic rings. The van der Waals surface area contributed by atoms with Crippen molar-refractivity contribution in [2.45, 2.75) is 26.9 Å². The average molecular weight is 281 g/mol. The van der Waals surface area contributed by atoms with Crippen molar-refractivity contribution in [1.82, 2.24) is 9.97 Å². The first kappa shape index (κ1) is 14.2. The van der Waals surface area contributed by atoms with Crippen molar-refractivity contribution in [1.29, 1.82) is 0 Å². The Morgan fingerprint density at radius 3 is 2.74 bits per heavy atom. The largest absolute Gasteiger partial charge is 0.385 e. The third-order valence-corrected chi connectivity index (χ3v) is 4.07. The Morgan fingerprint density at radius 1 is 1.21 bits per heavy atom. The van der Waals surface area contributed by atoms with Crippen LogP contribution in [0.3, 0.4) is 0 Å². The van der Waals surface area contributed by atoms with Gasteiger partial charge in [-0.25, -0.2) is 9.97 Å². The molecule has 19 heavy (non-hydrogen) atoms. The van der Waals surface area contributed by atoms with E-state index in [2.05, 4.69) is 23.8 Å². The lowest BCUT2D eigenvalue weighted by molar-refractivity contribution is 0.0893. The smallest absolute Gasteiger partial charge is 0.158 e.